The zero-order valence-corrected chi connectivity index (χ0v) is 18.4. The van der Waals surface area contributed by atoms with Crippen molar-refractivity contribution < 1.29 is 0 Å². The van der Waals surface area contributed by atoms with Crippen LogP contribution in [0, 0.1) is 0 Å². The summed E-state index contributed by atoms with van der Waals surface area (Å²) in [6.07, 6.45) is 1.05. The molecular formula is C28H32. The van der Waals surface area contributed by atoms with Gasteiger partial charge in [-0.25, -0.2) is 0 Å². The first-order valence-corrected chi connectivity index (χ1v) is 10.5. The van der Waals surface area contributed by atoms with E-state index in [4.69, 9.17) is 0 Å². The minimum atomic E-state index is 0.0989. The molecule has 0 saturated carbocycles. The molecule has 4 rings (SSSR count). The van der Waals surface area contributed by atoms with Gasteiger partial charge in [0.1, 0.15) is 0 Å². The highest BCUT2D eigenvalue weighted by Crippen LogP contribution is 2.53. The largest absolute Gasteiger partial charge is 0.0616 e. The molecule has 1 aliphatic rings. The molecule has 3 aromatic rings. The molecule has 0 aliphatic heterocycles. The third-order valence-electron chi connectivity index (χ3n) is 6.10. The first-order chi connectivity index (χ1) is 13.1. The van der Waals surface area contributed by atoms with Crippen molar-refractivity contribution in [2.75, 3.05) is 0 Å². The van der Waals surface area contributed by atoms with Gasteiger partial charge in [0, 0.05) is 0 Å². The van der Waals surface area contributed by atoms with Crippen molar-refractivity contribution in [3.8, 4) is 33.4 Å². The molecule has 0 aromatic heterocycles. The van der Waals surface area contributed by atoms with E-state index in [-0.39, 0.29) is 10.8 Å². The van der Waals surface area contributed by atoms with Gasteiger partial charge in [-0.2, -0.15) is 0 Å². The average molecular weight is 369 g/mol. The molecule has 0 unspecified atom stereocenters. The van der Waals surface area contributed by atoms with Crippen LogP contribution in [0.2, 0.25) is 0 Å². The lowest BCUT2D eigenvalue weighted by atomic mass is 9.70. The SMILES string of the molecule is CCc1c(C(C)(C)C)ccc(C(C)(C)C)c1-c1cccc2c1-c1ccccc1-2. The highest BCUT2D eigenvalue weighted by Gasteiger charge is 2.31. The molecule has 0 atom stereocenters. The summed E-state index contributed by atoms with van der Waals surface area (Å²) in [4.78, 5) is 0. The second kappa shape index (κ2) is 6.34. The lowest BCUT2D eigenvalue weighted by molar-refractivity contribution is 0.572. The molecule has 0 heterocycles. The predicted octanol–water partition coefficient (Wildman–Crippen LogP) is 8.16. The van der Waals surface area contributed by atoms with Gasteiger partial charge in [0.2, 0.25) is 0 Å². The van der Waals surface area contributed by atoms with E-state index >= 15 is 0 Å². The van der Waals surface area contributed by atoms with E-state index in [1.54, 1.807) is 0 Å². The zero-order valence-electron chi connectivity index (χ0n) is 18.4. The summed E-state index contributed by atoms with van der Waals surface area (Å²) in [5.74, 6) is 0. The Morgan fingerprint density at radius 2 is 1.07 bits per heavy atom. The fourth-order valence-electron chi connectivity index (χ4n) is 4.80. The van der Waals surface area contributed by atoms with E-state index in [9.17, 15) is 0 Å². The van der Waals surface area contributed by atoms with E-state index in [1.165, 1.54) is 50.1 Å². The molecule has 0 bridgehead atoms. The van der Waals surface area contributed by atoms with Gasteiger partial charge in [-0.15, -0.1) is 0 Å². The van der Waals surface area contributed by atoms with Gasteiger partial charge >= 0.3 is 0 Å². The van der Waals surface area contributed by atoms with Crippen LogP contribution in [0.3, 0.4) is 0 Å². The van der Waals surface area contributed by atoms with Crippen LogP contribution in [-0.4, -0.2) is 0 Å². The normalized spacial score (nSPS) is 13.0. The van der Waals surface area contributed by atoms with E-state index in [1.807, 2.05) is 0 Å². The van der Waals surface area contributed by atoms with Gasteiger partial charge in [0.15, 0.2) is 0 Å². The molecule has 3 aromatic carbocycles. The number of benzene rings is 3. The van der Waals surface area contributed by atoms with Gasteiger partial charge in [-0.1, -0.05) is 103 Å². The fourth-order valence-corrected chi connectivity index (χ4v) is 4.80. The summed E-state index contributed by atoms with van der Waals surface area (Å²) in [6, 6.07) is 20.4. The lowest BCUT2D eigenvalue weighted by Gasteiger charge is -2.34. The molecule has 0 heteroatoms. The summed E-state index contributed by atoms with van der Waals surface area (Å²) >= 11 is 0. The fraction of sp³-hybridized carbons (Fsp3) is 0.357. The van der Waals surface area contributed by atoms with Crippen LogP contribution in [0.5, 0.6) is 0 Å². The first-order valence-electron chi connectivity index (χ1n) is 10.5. The standard InChI is InChI=1S/C28H32/c1-8-18-23(27(2,3)4)16-17-24(28(5,6)7)26(18)22-15-11-14-21-19-12-9-10-13-20(19)25(21)22/h9-17H,8H2,1-7H3. The number of rotatable bonds is 2. The zero-order chi connectivity index (χ0) is 20.3. The highest BCUT2D eigenvalue weighted by atomic mass is 14.3. The van der Waals surface area contributed by atoms with Crippen LogP contribution in [-0.2, 0) is 17.3 Å². The maximum Gasteiger partial charge on any atom is -0.00202 e. The summed E-state index contributed by atoms with van der Waals surface area (Å²) in [5.41, 5.74) is 13.2. The second-order valence-electron chi connectivity index (χ2n) is 10.1. The van der Waals surface area contributed by atoms with Gasteiger partial charge in [0.25, 0.3) is 0 Å². The van der Waals surface area contributed by atoms with Crippen molar-refractivity contribution in [1.29, 1.82) is 0 Å². The van der Waals surface area contributed by atoms with E-state index in [2.05, 4.69) is 103 Å². The van der Waals surface area contributed by atoms with E-state index < -0.39 is 0 Å². The van der Waals surface area contributed by atoms with E-state index in [0.717, 1.165) is 6.42 Å². The van der Waals surface area contributed by atoms with Gasteiger partial charge in [-0.3, -0.25) is 0 Å². The van der Waals surface area contributed by atoms with Crippen molar-refractivity contribution in [2.24, 2.45) is 0 Å². The van der Waals surface area contributed by atoms with Gasteiger partial charge in [0.05, 0.1) is 0 Å². The Morgan fingerprint density at radius 3 is 1.68 bits per heavy atom. The molecule has 1 aliphatic carbocycles. The smallest absolute Gasteiger partial charge is 0.00202 e. The van der Waals surface area contributed by atoms with Crippen molar-refractivity contribution >= 4 is 0 Å². The Hall–Kier alpha value is -2.34. The van der Waals surface area contributed by atoms with E-state index in [0.29, 0.717) is 0 Å². The second-order valence-corrected chi connectivity index (χ2v) is 10.1. The van der Waals surface area contributed by atoms with Crippen LogP contribution in [0.25, 0.3) is 33.4 Å². The number of hydrogen-bond acceptors (Lipinski definition) is 0. The molecular weight excluding hydrogens is 336 g/mol. The van der Waals surface area contributed by atoms with Crippen molar-refractivity contribution in [3.63, 3.8) is 0 Å². The van der Waals surface area contributed by atoms with Crippen molar-refractivity contribution in [3.05, 3.63) is 71.3 Å². The summed E-state index contributed by atoms with van der Waals surface area (Å²) in [6.45, 7) is 16.3. The van der Waals surface area contributed by atoms with Crippen molar-refractivity contribution in [2.45, 2.75) is 65.7 Å². The third kappa shape index (κ3) is 2.82. The Morgan fingerprint density at radius 1 is 0.536 bits per heavy atom. The summed E-state index contributed by atoms with van der Waals surface area (Å²) < 4.78 is 0. The predicted molar refractivity (Wildman–Crippen MR) is 123 cm³/mol. The monoisotopic (exact) mass is 368 g/mol. The Bertz CT molecular complexity index is 1050. The molecule has 0 fully saturated rings. The molecule has 0 N–H and O–H groups in total. The molecule has 0 radical (unpaired) electrons. The van der Waals surface area contributed by atoms with Crippen molar-refractivity contribution in [1.82, 2.24) is 0 Å². The minimum absolute atomic E-state index is 0.0989. The summed E-state index contributed by atoms with van der Waals surface area (Å²) in [5, 5.41) is 0. The van der Waals surface area contributed by atoms with Gasteiger partial charge in [-0.05, 0) is 67.3 Å². The molecule has 0 saturated heterocycles. The highest BCUT2D eigenvalue weighted by molar-refractivity contribution is 6.09. The lowest BCUT2D eigenvalue weighted by Crippen LogP contribution is -2.20. The molecule has 0 nitrogen and oxygen atoms in total. The average Bonchev–Trinajstić information content (AvgIpc) is 2.62. The quantitative estimate of drug-likeness (QED) is 0.335. The van der Waals surface area contributed by atoms with Crippen LogP contribution in [0.4, 0.5) is 0 Å². The minimum Gasteiger partial charge on any atom is -0.0616 e. The third-order valence-corrected chi connectivity index (χ3v) is 6.10. The molecule has 28 heavy (non-hydrogen) atoms. The van der Waals surface area contributed by atoms with Gasteiger partial charge < -0.3 is 0 Å². The Balaban J connectivity index is 2.08. The van der Waals surface area contributed by atoms with Crippen LogP contribution >= 0.6 is 0 Å². The topological polar surface area (TPSA) is 0 Å². The number of hydrogen-bond donors (Lipinski definition) is 0. The van der Waals surface area contributed by atoms with Crippen LogP contribution < -0.4 is 0 Å². The van der Waals surface area contributed by atoms with Crippen LogP contribution in [0.15, 0.2) is 54.6 Å². The maximum absolute atomic E-state index is 2.39. The van der Waals surface area contributed by atoms with Crippen LogP contribution in [0.1, 0.15) is 65.2 Å². The molecule has 0 spiro atoms. The number of fused-ring (bicyclic) bond motifs is 4. The first kappa shape index (κ1) is 19.0. The molecule has 144 valence electrons. The maximum atomic E-state index is 2.39. The summed E-state index contributed by atoms with van der Waals surface area (Å²) in [7, 11) is 0. The Labute approximate surface area is 170 Å². The molecule has 0 amide bonds. The Kier molecular flexibility index (Phi) is 4.30.